The van der Waals surface area contributed by atoms with Gasteiger partial charge < -0.3 is 10.1 Å². The van der Waals surface area contributed by atoms with Crippen molar-refractivity contribution >= 4 is 11.6 Å². The van der Waals surface area contributed by atoms with Crippen LogP contribution in [0.2, 0.25) is 0 Å². The van der Waals surface area contributed by atoms with E-state index in [2.05, 4.69) is 41.4 Å². The summed E-state index contributed by atoms with van der Waals surface area (Å²) in [4.78, 5) is 15.3. The molecule has 0 atom stereocenters. The Hall–Kier alpha value is -2.33. The highest BCUT2D eigenvalue weighted by Crippen LogP contribution is 2.38. The Morgan fingerprint density at radius 2 is 1.80 bits per heavy atom. The summed E-state index contributed by atoms with van der Waals surface area (Å²) in [5.41, 5.74) is 2.98. The average molecular weight is 336 g/mol. The second-order valence-corrected chi connectivity index (χ2v) is 7.28. The molecule has 1 N–H and O–H groups in total. The molecule has 2 aromatic carbocycles. The number of likely N-dealkylation sites (tertiary alicyclic amines) is 1. The maximum absolute atomic E-state index is 12.8. The zero-order valence-electron chi connectivity index (χ0n) is 14.6. The highest BCUT2D eigenvalue weighted by Gasteiger charge is 2.43. The summed E-state index contributed by atoms with van der Waals surface area (Å²) >= 11 is 0. The van der Waals surface area contributed by atoms with Crippen LogP contribution in [0.1, 0.15) is 24.0 Å². The molecule has 0 unspecified atom stereocenters. The number of carbonyl (C=O) groups excluding carboxylic acids is 1. The lowest BCUT2D eigenvalue weighted by molar-refractivity contribution is -0.130. The Morgan fingerprint density at radius 1 is 1.08 bits per heavy atom. The normalized spacial score (nSPS) is 19.6. The number of fused-ring (bicyclic) bond motifs is 1. The number of carbonyl (C=O) groups is 1. The third kappa shape index (κ3) is 3.27. The minimum Gasteiger partial charge on any atom is -0.490 e. The molecule has 2 aliphatic rings. The Bertz CT molecular complexity index is 762. The second-order valence-electron chi connectivity index (χ2n) is 7.28. The number of piperidine rings is 1. The van der Waals surface area contributed by atoms with Crippen molar-refractivity contribution in [1.29, 1.82) is 0 Å². The fraction of sp³-hybridized carbons (Fsp3) is 0.381. The summed E-state index contributed by atoms with van der Waals surface area (Å²) in [5, 5.41) is 3.07. The molecule has 0 radical (unpaired) electrons. The predicted molar refractivity (Wildman–Crippen MR) is 98.7 cm³/mol. The van der Waals surface area contributed by atoms with E-state index < -0.39 is 5.41 Å². The number of nitrogens with zero attached hydrogens (tertiary/aromatic N) is 1. The van der Waals surface area contributed by atoms with Gasteiger partial charge in [-0.05, 0) is 50.6 Å². The van der Waals surface area contributed by atoms with Crippen LogP contribution in [0.5, 0.6) is 5.75 Å². The van der Waals surface area contributed by atoms with Gasteiger partial charge in [-0.3, -0.25) is 9.69 Å². The topological polar surface area (TPSA) is 41.6 Å². The number of ether oxygens (including phenoxy) is 1. The van der Waals surface area contributed by atoms with E-state index in [9.17, 15) is 4.79 Å². The van der Waals surface area contributed by atoms with Crippen molar-refractivity contribution in [1.82, 2.24) is 4.90 Å². The average Bonchev–Trinajstić information content (AvgIpc) is 2.77. The van der Waals surface area contributed by atoms with Crippen LogP contribution in [-0.2, 0) is 11.3 Å². The van der Waals surface area contributed by atoms with Crippen molar-refractivity contribution in [2.45, 2.75) is 26.3 Å². The third-order valence-corrected chi connectivity index (χ3v) is 5.46. The van der Waals surface area contributed by atoms with Gasteiger partial charge in [-0.2, -0.15) is 0 Å². The van der Waals surface area contributed by atoms with E-state index in [0.29, 0.717) is 6.61 Å². The van der Waals surface area contributed by atoms with E-state index in [4.69, 9.17) is 4.74 Å². The number of hydrogen-bond acceptors (Lipinski definition) is 3. The van der Waals surface area contributed by atoms with Gasteiger partial charge >= 0.3 is 0 Å². The van der Waals surface area contributed by atoms with E-state index >= 15 is 0 Å². The van der Waals surface area contributed by atoms with Crippen LogP contribution in [0.15, 0.2) is 48.5 Å². The summed E-state index contributed by atoms with van der Waals surface area (Å²) in [6, 6.07) is 16.4. The largest absolute Gasteiger partial charge is 0.490 e. The summed E-state index contributed by atoms with van der Waals surface area (Å²) in [6.07, 6.45) is 1.66. The molecule has 0 aromatic heterocycles. The van der Waals surface area contributed by atoms with Crippen LogP contribution < -0.4 is 10.1 Å². The fourth-order valence-electron chi connectivity index (χ4n) is 3.69. The summed E-state index contributed by atoms with van der Waals surface area (Å²) in [7, 11) is 0. The molecule has 2 heterocycles. The first kappa shape index (κ1) is 16.2. The van der Waals surface area contributed by atoms with E-state index in [1.165, 1.54) is 11.1 Å². The van der Waals surface area contributed by atoms with Gasteiger partial charge in [0.25, 0.3) is 0 Å². The number of nitrogens with one attached hydrogen (secondary N) is 1. The van der Waals surface area contributed by atoms with Crippen LogP contribution in [-0.4, -0.2) is 30.5 Å². The third-order valence-electron chi connectivity index (χ3n) is 5.46. The molecular weight excluding hydrogens is 312 g/mol. The fourth-order valence-corrected chi connectivity index (χ4v) is 3.69. The lowest BCUT2D eigenvalue weighted by atomic mass is 9.78. The highest BCUT2D eigenvalue weighted by molar-refractivity contribution is 5.97. The second kappa shape index (κ2) is 6.52. The molecule has 130 valence electrons. The Kier molecular flexibility index (Phi) is 4.22. The quantitative estimate of drug-likeness (QED) is 0.911. The smallest absolute Gasteiger partial charge is 0.234 e. The molecule has 0 saturated carbocycles. The minimum absolute atomic E-state index is 0.104. The van der Waals surface area contributed by atoms with Gasteiger partial charge in [-0.15, -0.1) is 0 Å². The standard InChI is InChI=1S/C21H24N2O2/c1-16-6-8-17(9-7-16)14-23-12-10-21(11-13-23)15-25-19-5-3-2-4-18(19)22-20(21)24/h2-9H,10-15H2,1H3,(H,22,24). The molecule has 1 fully saturated rings. The van der Waals surface area contributed by atoms with E-state index in [-0.39, 0.29) is 5.91 Å². The molecule has 1 amide bonds. The van der Waals surface area contributed by atoms with Crippen LogP contribution in [0.3, 0.4) is 0 Å². The SMILES string of the molecule is Cc1ccc(CN2CCC3(CC2)COc2ccccc2NC3=O)cc1. The van der Waals surface area contributed by atoms with Crippen molar-refractivity contribution in [3.05, 3.63) is 59.7 Å². The number of anilines is 1. The van der Waals surface area contributed by atoms with Gasteiger partial charge in [0.15, 0.2) is 0 Å². The number of hydrogen-bond donors (Lipinski definition) is 1. The molecule has 2 aliphatic heterocycles. The maximum Gasteiger partial charge on any atom is 0.234 e. The Morgan fingerprint density at radius 3 is 2.56 bits per heavy atom. The van der Waals surface area contributed by atoms with Crippen molar-refractivity contribution in [2.24, 2.45) is 5.41 Å². The first-order chi connectivity index (χ1) is 12.1. The summed E-state index contributed by atoms with van der Waals surface area (Å²) in [6.45, 7) is 5.35. The van der Waals surface area contributed by atoms with Crippen LogP contribution in [0, 0.1) is 12.3 Å². The molecule has 1 spiro atoms. The van der Waals surface area contributed by atoms with Crippen molar-refractivity contribution in [3.63, 3.8) is 0 Å². The van der Waals surface area contributed by atoms with Crippen molar-refractivity contribution < 1.29 is 9.53 Å². The van der Waals surface area contributed by atoms with Crippen LogP contribution in [0.4, 0.5) is 5.69 Å². The molecule has 4 rings (SSSR count). The first-order valence-corrected chi connectivity index (χ1v) is 8.96. The predicted octanol–water partition coefficient (Wildman–Crippen LogP) is 3.61. The van der Waals surface area contributed by atoms with Crippen LogP contribution >= 0.6 is 0 Å². The molecule has 2 aromatic rings. The lowest BCUT2D eigenvalue weighted by Crippen LogP contribution is -2.48. The van der Waals surface area contributed by atoms with E-state index in [1.807, 2.05) is 24.3 Å². The van der Waals surface area contributed by atoms with Crippen molar-refractivity contribution in [3.8, 4) is 5.75 Å². The number of benzene rings is 2. The Labute approximate surface area is 148 Å². The maximum atomic E-state index is 12.8. The summed E-state index contributed by atoms with van der Waals surface area (Å²) in [5.74, 6) is 0.877. The Balaban J connectivity index is 1.42. The van der Waals surface area contributed by atoms with Gasteiger partial charge in [-0.25, -0.2) is 0 Å². The van der Waals surface area contributed by atoms with Gasteiger partial charge in [0.05, 0.1) is 11.1 Å². The van der Waals surface area contributed by atoms with Crippen molar-refractivity contribution in [2.75, 3.05) is 25.0 Å². The molecular formula is C21H24N2O2. The molecule has 4 nitrogen and oxygen atoms in total. The number of amides is 1. The molecule has 1 saturated heterocycles. The summed E-state index contributed by atoms with van der Waals surface area (Å²) < 4.78 is 5.98. The number of rotatable bonds is 2. The zero-order valence-corrected chi connectivity index (χ0v) is 14.6. The first-order valence-electron chi connectivity index (χ1n) is 8.96. The van der Waals surface area contributed by atoms with Gasteiger partial charge in [0, 0.05) is 6.54 Å². The number of aryl methyl sites for hydroxylation is 1. The van der Waals surface area contributed by atoms with Gasteiger partial charge in [0.1, 0.15) is 12.4 Å². The number of para-hydroxylation sites is 2. The molecule has 25 heavy (non-hydrogen) atoms. The monoisotopic (exact) mass is 336 g/mol. The van der Waals surface area contributed by atoms with E-state index in [1.54, 1.807) is 0 Å². The molecule has 4 heteroatoms. The van der Waals surface area contributed by atoms with E-state index in [0.717, 1.165) is 43.9 Å². The molecule has 0 aliphatic carbocycles. The zero-order chi connectivity index (χ0) is 17.3. The van der Waals surface area contributed by atoms with Gasteiger partial charge in [-0.1, -0.05) is 42.0 Å². The molecule has 0 bridgehead atoms. The van der Waals surface area contributed by atoms with Crippen LogP contribution in [0.25, 0.3) is 0 Å². The highest BCUT2D eigenvalue weighted by atomic mass is 16.5. The van der Waals surface area contributed by atoms with Gasteiger partial charge in [0.2, 0.25) is 5.91 Å². The lowest BCUT2D eigenvalue weighted by Gasteiger charge is -2.39. The minimum atomic E-state index is -0.414.